The molecule has 0 N–H and O–H groups in total. The maximum atomic E-state index is 14.2. The SMILES string of the molecule is Cc1ccc(C)c(OCc2cc(F)cc(B3OC(C)(C)C(C)(C)O3)c2)c1C. The summed E-state index contributed by atoms with van der Waals surface area (Å²) in [5.41, 5.74) is 3.85. The molecule has 1 heterocycles. The highest BCUT2D eigenvalue weighted by molar-refractivity contribution is 6.62. The molecule has 0 saturated carbocycles. The lowest BCUT2D eigenvalue weighted by Gasteiger charge is -2.32. The molecule has 2 aromatic carbocycles. The molecule has 144 valence electrons. The summed E-state index contributed by atoms with van der Waals surface area (Å²) in [6.45, 7) is 14.3. The number of hydrogen-bond donors (Lipinski definition) is 0. The normalized spacial score (nSPS) is 18.0. The Labute approximate surface area is 162 Å². The van der Waals surface area contributed by atoms with Crippen LogP contribution in [-0.4, -0.2) is 18.3 Å². The molecule has 0 unspecified atom stereocenters. The van der Waals surface area contributed by atoms with Crippen molar-refractivity contribution in [2.75, 3.05) is 0 Å². The highest BCUT2D eigenvalue weighted by atomic mass is 19.1. The number of rotatable bonds is 4. The van der Waals surface area contributed by atoms with Gasteiger partial charge in [0.1, 0.15) is 18.2 Å². The van der Waals surface area contributed by atoms with Crippen LogP contribution in [-0.2, 0) is 15.9 Å². The van der Waals surface area contributed by atoms with E-state index in [4.69, 9.17) is 14.0 Å². The predicted molar refractivity (Wildman–Crippen MR) is 107 cm³/mol. The summed E-state index contributed by atoms with van der Waals surface area (Å²) in [5.74, 6) is 0.537. The van der Waals surface area contributed by atoms with E-state index in [0.29, 0.717) is 5.46 Å². The molecule has 27 heavy (non-hydrogen) atoms. The summed E-state index contributed by atoms with van der Waals surface area (Å²) in [6, 6.07) is 8.98. The van der Waals surface area contributed by atoms with Crippen LogP contribution in [0.5, 0.6) is 5.75 Å². The second-order valence-electron chi connectivity index (χ2n) is 8.42. The van der Waals surface area contributed by atoms with Crippen LogP contribution in [0, 0.1) is 26.6 Å². The number of hydrogen-bond acceptors (Lipinski definition) is 3. The highest BCUT2D eigenvalue weighted by Gasteiger charge is 2.51. The topological polar surface area (TPSA) is 27.7 Å². The van der Waals surface area contributed by atoms with Gasteiger partial charge in [-0.15, -0.1) is 0 Å². The lowest BCUT2D eigenvalue weighted by atomic mass is 9.78. The Morgan fingerprint density at radius 1 is 0.926 bits per heavy atom. The van der Waals surface area contributed by atoms with Crippen LogP contribution in [0.25, 0.3) is 0 Å². The first-order chi connectivity index (χ1) is 12.5. The molecule has 0 radical (unpaired) electrons. The van der Waals surface area contributed by atoms with Crippen LogP contribution >= 0.6 is 0 Å². The molecule has 5 heteroatoms. The van der Waals surface area contributed by atoms with Crippen LogP contribution < -0.4 is 10.2 Å². The number of benzene rings is 2. The Hall–Kier alpha value is -1.85. The van der Waals surface area contributed by atoms with E-state index in [9.17, 15) is 4.39 Å². The van der Waals surface area contributed by atoms with Gasteiger partial charge in [0.05, 0.1) is 11.2 Å². The molecule has 0 atom stereocenters. The van der Waals surface area contributed by atoms with Gasteiger partial charge in [-0.3, -0.25) is 0 Å². The first-order valence-corrected chi connectivity index (χ1v) is 9.35. The van der Waals surface area contributed by atoms with Crippen LogP contribution in [0.15, 0.2) is 30.3 Å². The molecule has 1 fully saturated rings. The Morgan fingerprint density at radius 2 is 1.52 bits per heavy atom. The third-order valence-electron chi connectivity index (χ3n) is 5.76. The standard InChI is InChI=1S/C22H28BFO3/c1-14-8-9-15(2)20(16(14)3)25-13-17-10-18(12-19(24)11-17)23-26-21(4,5)22(6,7)27-23/h8-12H,13H2,1-7H3. The van der Waals surface area contributed by atoms with E-state index < -0.39 is 18.3 Å². The van der Waals surface area contributed by atoms with Gasteiger partial charge in [-0.05, 0) is 88.3 Å². The third kappa shape index (κ3) is 3.90. The maximum Gasteiger partial charge on any atom is 0.494 e. The van der Waals surface area contributed by atoms with Gasteiger partial charge in [0.25, 0.3) is 0 Å². The zero-order chi connectivity index (χ0) is 20.0. The molecule has 3 rings (SSSR count). The van der Waals surface area contributed by atoms with E-state index in [1.165, 1.54) is 17.7 Å². The summed E-state index contributed by atoms with van der Waals surface area (Å²) in [4.78, 5) is 0. The van der Waals surface area contributed by atoms with Gasteiger partial charge in [0, 0.05) is 0 Å². The Balaban J connectivity index is 1.82. The molecule has 1 aliphatic rings. The Morgan fingerprint density at radius 3 is 2.15 bits per heavy atom. The molecule has 1 aliphatic heterocycles. The summed E-state index contributed by atoms with van der Waals surface area (Å²) >= 11 is 0. The van der Waals surface area contributed by atoms with E-state index in [0.717, 1.165) is 22.4 Å². The largest absolute Gasteiger partial charge is 0.494 e. The summed E-state index contributed by atoms with van der Waals surface area (Å²) in [6.07, 6.45) is 0. The Bertz CT molecular complexity index is 845. The second-order valence-corrected chi connectivity index (χ2v) is 8.42. The summed E-state index contributed by atoms with van der Waals surface area (Å²) in [7, 11) is -0.591. The van der Waals surface area contributed by atoms with Gasteiger partial charge >= 0.3 is 7.12 Å². The second kappa shape index (κ2) is 6.95. The van der Waals surface area contributed by atoms with Gasteiger partial charge in [-0.25, -0.2) is 4.39 Å². The van der Waals surface area contributed by atoms with Crippen molar-refractivity contribution in [3.63, 3.8) is 0 Å². The fourth-order valence-electron chi connectivity index (χ4n) is 3.18. The zero-order valence-corrected chi connectivity index (χ0v) is 17.3. The fraction of sp³-hybridized carbons (Fsp3) is 0.455. The smallest absolute Gasteiger partial charge is 0.488 e. The lowest BCUT2D eigenvalue weighted by molar-refractivity contribution is 0.00578. The summed E-state index contributed by atoms with van der Waals surface area (Å²) in [5, 5.41) is 0. The van der Waals surface area contributed by atoms with E-state index in [2.05, 4.69) is 13.0 Å². The lowest BCUT2D eigenvalue weighted by Crippen LogP contribution is -2.41. The first kappa shape index (κ1) is 19.9. The van der Waals surface area contributed by atoms with E-state index in [-0.39, 0.29) is 12.4 Å². The number of halogens is 1. The zero-order valence-electron chi connectivity index (χ0n) is 17.3. The molecule has 0 aromatic heterocycles. The molecule has 0 amide bonds. The molecular weight excluding hydrogens is 342 g/mol. The molecule has 0 aliphatic carbocycles. The van der Waals surface area contributed by atoms with Gasteiger partial charge in [-0.2, -0.15) is 0 Å². The average Bonchev–Trinajstić information content (AvgIpc) is 2.79. The minimum Gasteiger partial charge on any atom is -0.488 e. The van der Waals surface area contributed by atoms with Crippen molar-refractivity contribution < 1.29 is 18.4 Å². The number of aryl methyl sites for hydroxylation is 2. The molecular formula is C22H28BFO3. The van der Waals surface area contributed by atoms with Crippen molar-refractivity contribution in [2.24, 2.45) is 0 Å². The van der Waals surface area contributed by atoms with Gasteiger partial charge in [-0.1, -0.05) is 18.2 Å². The van der Waals surface area contributed by atoms with Crippen molar-refractivity contribution >= 4 is 12.6 Å². The van der Waals surface area contributed by atoms with E-state index >= 15 is 0 Å². The van der Waals surface area contributed by atoms with Crippen molar-refractivity contribution in [1.29, 1.82) is 0 Å². The monoisotopic (exact) mass is 370 g/mol. The predicted octanol–water partition coefficient (Wildman–Crippen LogP) is 4.63. The minimum absolute atomic E-state index is 0.287. The van der Waals surface area contributed by atoms with Gasteiger partial charge < -0.3 is 14.0 Å². The van der Waals surface area contributed by atoms with Crippen molar-refractivity contribution in [1.82, 2.24) is 0 Å². The van der Waals surface area contributed by atoms with Gasteiger partial charge in [0.15, 0.2) is 0 Å². The first-order valence-electron chi connectivity index (χ1n) is 9.35. The van der Waals surface area contributed by atoms with Gasteiger partial charge in [0.2, 0.25) is 0 Å². The van der Waals surface area contributed by atoms with E-state index in [1.807, 2.05) is 53.7 Å². The van der Waals surface area contributed by atoms with Crippen molar-refractivity contribution in [3.05, 3.63) is 58.4 Å². The molecule has 1 saturated heterocycles. The quantitative estimate of drug-likeness (QED) is 0.735. The average molecular weight is 370 g/mol. The minimum atomic E-state index is -0.591. The maximum absolute atomic E-state index is 14.2. The van der Waals surface area contributed by atoms with Crippen molar-refractivity contribution in [2.45, 2.75) is 66.3 Å². The van der Waals surface area contributed by atoms with Crippen molar-refractivity contribution in [3.8, 4) is 5.75 Å². The third-order valence-corrected chi connectivity index (χ3v) is 5.76. The van der Waals surface area contributed by atoms with Crippen LogP contribution in [0.2, 0.25) is 0 Å². The van der Waals surface area contributed by atoms with Crippen LogP contribution in [0.1, 0.15) is 49.9 Å². The van der Waals surface area contributed by atoms with Crippen LogP contribution in [0.3, 0.4) is 0 Å². The Kier molecular flexibility index (Phi) is 5.13. The van der Waals surface area contributed by atoms with E-state index in [1.54, 1.807) is 0 Å². The summed E-state index contributed by atoms with van der Waals surface area (Å²) < 4.78 is 32.4. The molecule has 3 nitrogen and oxygen atoms in total. The number of ether oxygens (including phenoxy) is 1. The van der Waals surface area contributed by atoms with Crippen LogP contribution in [0.4, 0.5) is 4.39 Å². The molecule has 0 bridgehead atoms. The fourth-order valence-corrected chi connectivity index (χ4v) is 3.18. The highest BCUT2D eigenvalue weighted by Crippen LogP contribution is 2.36. The molecule has 0 spiro atoms. The molecule has 2 aromatic rings.